The molecule has 64 heavy (non-hydrogen) atoms. The average molecular weight is 1800 g/mol. The van der Waals surface area contributed by atoms with Crippen LogP contribution in [0.2, 0.25) is 0 Å². The quantitative estimate of drug-likeness (QED) is 0.0981. The molecule has 0 aliphatic rings. The van der Waals surface area contributed by atoms with Gasteiger partial charge < -0.3 is 40.5 Å². The molecule has 0 aromatic rings. The summed E-state index contributed by atoms with van der Waals surface area (Å²) in [5.41, 5.74) is 0. The van der Waals surface area contributed by atoms with Crippen molar-refractivity contribution in [3.05, 3.63) is 21.5 Å². The van der Waals surface area contributed by atoms with E-state index in [1.165, 1.54) is 253 Å². The monoisotopic (exact) mass is 1800 g/mol. The van der Waals surface area contributed by atoms with Crippen molar-refractivity contribution in [1.29, 1.82) is 1.28 Å². The molecule has 0 aromatic carbocycles. The minimum Gasteiger partial charge on any atom is 0 e. The fourth-order valence-electron chi connectivity index (χ4n) is 0.188. The predicted molar refractivity (Wildman–Crippen MR) is 279 cm³/mol. The molecule has 0 amide bonds. The predicted octanol–water partition coefficient (Wildman–Crippen LogP) is -38.8. The van der Waals surface area contributed by atoms with Crippen molar-refractivity contribution in [2.45, 2.75) is 185 Å². The van der Waals surface area contributed by atoms with Gasteiger partial charge in [-0.2, -0.15) is 0 Å². The molecule has 0 saturated carbocycles. The molecule has 0 N–H and O–H groups in total. The zero-order valence-corrected chi connectivity index (χ0v) is 119. The Morgan fingerprint density at radius 3 is 0.547 bits per heavy atom. The molecule has 0 aromatic heterocycles. The summed E-state index contributed by atoms with van der Waals surface area (Å²) in [7, 11) is 7.22. The first-order chi connectivity index (χ1) is 11.4. The van der Waals surface area contributed by atoms with E-state index in [2.05, 4.69) is 54.3 Å². The summed E-state index contributed by atoms with van der Waals surface area (Å²) in [5.74, 6) is 14.0. The molecule has 0 heterocycles. The standard InChI is InChI=1S/C8H4F.24CH4.2CH3.B.26K.H2P.W.8H/c1-2-3-4-5-6-7-8-9;;;;;;;;;;;;;;;;;;;;;;;;;;;;;;;;;;;;;;;;;;;;;;;;;;;;;;;;;;;;;;;/h8H,1H3;24*1H4;2*1H3;;;;;;;;;;;;;;;;;;;;;;;;;;;;1H2;;;;;;;;;/q-1;;;;;;;;;;;;;;;;;;;;;;;;;2*-1;;;;;;;;;;18*+1;-1;;8*-1/i;;;;;;;;;;;;;;;;;;;;;;;;;2*1D;;;;;;;;;;;;;;;;;;;;;;;;;;;;1T;;6*1+2;;. The third kappa shape index (κ3) is 478. The Morgan fingerprint density at radius 1 is 0.375 bits per heavy atom. The van der Waals surface area contributed by atoms with Crippen LogP contribution >= 0.6 is 9.84 Å². The van der Waals surface area contributed by atoms with Crippen molar-refractivity contribution in [3.8, 4) is 35.5 Å². The van der Waals surface area contributed by atoms with E-state index in [0.717, 1.165) is 0 Å². The number of hydrogen-bond acceptors (Lipinski definition) is 0. The van der Waals surface area contributed by atoms with Gasteiger partial charge >= 0.3 is 1180 Å². The van der Waals surface area contributed by atoms with Crippen LogP contribution in [0.5, 0.6) is 0 Å². The smallest absolute Gasteiger partial charge is 0 e. The zero-order valence-electron chi connectivity index (χ0n) is 44.9. The average Bonchev–Trinajstić information content (AvgIpc) is 2.72. The maximum absolute atomic E-state index is 11.1. The normalized spacial score (nSPS) is 1.42. The summed E-state index contributed by atoms with van der Waals surface area (Å²) in [6.45, 7) is 1.91. The Labute approximate surface area is 1410 Å². The van der Waals surface area contributed by atoms with Crippen LogP contribution in [0, 0.1) is 57.0 Å². The molecule has 3 radical (unpaired) electrons. The molecule has 0 atom stereocenters. The van der Waals surface area contributed by atoms with Crippen molar-refractivity contribution in [3.63, 3.8) is 0 Å². The SMILES string of the molecule is C.C.C.C.C.C.C.C.C.C.C.C.C.C.C.C.C.C.C.C.C.C.C.C.CC#CC#CC#C[CH-]F.[2H][CH2-].[2H][CH2-].[3H-].[3H-].[3H-].[3H-].[3H-].[3H-].[3H][PH-].[B].[H-].[H-].[K+].[K+].[K+].[K+].[K+].[K+].[K+].[K+].[K+].[K+].[K+].[K+].[K+].[K+].[K+].[K+].[K+].[K+].[K][K].[K][K].[K][K].[K][K].[W]. The van der Waals surface area contributed by atoms with Crippen molar-refractivity contribution < 1.29 is 965 Å². The zero-order chi connectivity index (χ0) is 20.9. The first-order valence-electron chi connectivity index (χ1n) is 8.17. The van der Waals surface area contributed by atoms with Crippen LogP contribution < -0.4 is 925 Å². The van der Waals surface area contributed by atoms with Gasteiger partial charge in [-0.15, -0.1) is 5.92 Å². The topological polar surface area (TPSA) is 0 Å². The van der Waals surface area contributed by atoms with Crippen LogP contribution in [-0.4, -0.2) is 262 Å². The Hall–Kier alpha value is 42.2. The van der Waals surface area contributed by atoms with E-state index in [1.807, 2.05) is 5.92 Å². The third-order valence-electron chi connectivity index (χ3n) is 0.439. The first kappa shape index (κ1) is 359. The van der Waals surface area contributed by atoms with Gasteiger partial charge in [-0.1, -0.05) is 184 Å². The largest absolute Gasteiger partial charge is 0 e. The van der Waals surface area contributed by atoms with E-state index in [-0.39, 0.29) is 1150 Å². The Morgan fingerprint density at radius 2 is 0.469 bits per heavy atom. The van der Waals surface area contributed by atoms with E-state index < -0.39 is 0 Å². The van der Waals surface area contributed by atoms with Gasteiger partial charge in [0.25, 0.3) is 0 Å². The van der Waals surface area contributed by atoms with Gasteiger partial charge in [-0.05, 0) is 25.4 Å². The van der Waals surface area contributed by atoms with Crippen LogP contribution in [-0.2, 0) is 21.1 Å². The summed E-state index contributed by atoms with van der Waals surface area (Å²) in [5, 5.41) is 0. The molecule has 0 fully saturated rings. The molecule has 30 heteroatoms. The molecular weight excluding hydrogens is 1670 g/mol. The van der Waals surface area contributed by atoms with Gasteiger partial charge in [0, 0.05) is 29.5 Å². The first-order valence-corrected chi connectivity index (χ1v) is 70.3. The minimum absolute atomic E-state index is 0. The minimum atomic E-state index is 0. The molecule has 0 spiro atoms. The molecular formula is C34H116BFK26PW+6. The van der Waals surface area contributed by atoms with Crippen LogP contribution in [0.15, 0.2) is 0 Å². The summed E-state index contributed by atoms with van der Waals surface area (Å²) < 4.78 is 27.7. The molecule has 0 bridgehead atoms. The molecule has 293 valence electrons. The molecule has 0 unspecified atom stereocenters. The summed E-state index contributed by atoms with van der Waals surface area (Å²) in [6, 6.07) is 0. The van der Waals surface area contributed by atoms with Gasteiger partial charge in [0.05, 0.1) is 0 Å². The van der Waals surface area contributed by atoms with Crippen LogP contribution in [0.4, 0.5) is 4.39 Å². The number of rotatable bonds is 0. The van der Waals surface area contributed by atoms with E-state index in [9.17, 15) is 4.39 Å². The van der Waals surface area contributed by atoms with Gasteiger partial charge in [-0.3, -0.25) is 0 Å². The van der Waals surface area contributed by atoms with E-state index in [0.29, 0.717) is 0 Å². The maximum atomic E-state index is 11.1. The number of hydrogen-bond donors (Lipinski definition) is 0. The molecule has 0 aliphatic carbocycles. The van der Waals surface area contributed by atoms with Crippen LogP contribution in [0.25, 0.3) is 0 Å². The third-order valence-corrected chi connectivity index (χ3v) is 0.439. The Balaban J connectivity index is -0.000000000561. The van der Waals surface area contributed by atoms with Gasteiger partial charge in [0.15, 0.2) is 0 Å². The Bertz CT molecular complexity index is 360. The molecule has 0 aliphatic heterocycles. The second kappa shape index (κ2) is 472. The van der Waals surface area contributed by atoms with E-state index in [1.54, 1.807) is 6.92 Å². The van der Waals surface area contributed by atoms with E-state index >= 15 is 0 Å². The second-order valence-electron chi connectivity index (χ2n) is 1.00. The molecule has 0 saturated heterocycles. The molecule has 0 nitrogen and oxygen atoms in total. The van der Waals surface area contributed by atoms with Crippen LogP contribution in [0.3, 0.4) is 0 Å². The van der Waals surface area contributed by atoms with Crippen molar-refractivity contribution in [2.75, 3.05) is 0 Å². The van der Waals surface area contributed by atoms with Gasteiger partial charge in [0.2, 0.25) is 0 Å². The van der Waals surface area contributed by atoms with E-state index in [4.69, 9.17) is 4.02 Å². The number of halogens is 1. The van der Waals surface area contributed by atoms with Gasteiger partial charge in [0.1, 0.15) is 0 Å². The maximum Gasteiger partial charge on any atom is 0 e. The second-order valence-corrected chi connectivity index (χ2v) is 1.00. The fraction of sp³-hybridized carbons (Fsp3) is 0.735. The fourth-order valence-corrected chi connectivity index (χ4v) is 0.188. The van der Waals surface area contributed by atoms with Gasteiger partial charge in [-0.25, -0.2) is 15.9 Å². The summed E-state index contributed by atoms with van der Waals surface area (Å²) in [4.78, 5) is 0. The van der Waals surface area contributed by atoms with Crippen molar-refractivity contribution in [1.82, 2.24) is 0 Å². The van der Waals surface area contributed by atoms with Crippen molar-refractivity contribution >= 4 is 271 Å². The van der Waals surface area contributed by atoms with Crippen LogP contribution in [0.1, 0.15) is 199 Å². The summed E-state index contributed by atoms with van der Waals surface area (Å²) >= 11 is 10.0. The Kier molecular flexibility index (Phi) is 2650. The van der Waals surface area contributed by atoms with Crippen molar-refractivity contribution in [2.24, 2.45) is 0 Å². The summed E-state index contributed by atoms with van der Waals surface area (Å²) in [6.07, 6.45) is 0. The molecule has 0 rings (SSSR count).